The Kier molecular flexibility index (Phi) is 7.74. The first-order valence-corrected chi connectivity index (χ1v) is 12.6. The number of rotatable bonds is 9. The Morgan fingerprint density at radius 3 is 2.82 bits per heavy atom. The third-order valence-corrected chi connectivity index (χ3v) is 7.51. The van der Waals surface area contributed by atoms with Gasteiger partial charge in [-0.25, -0.2) is 0 Å². The summed E-state index contributed by atoms with van der Waals surface area (Å²) in [5.74, 6) is 0.585. The van der Waals surface area contributed by atoms with Crippen LogP contribution in [0.25, 0.3) is 0 Å². The number of carbonyl (C=O) groups excluding carboxylic acids is 2. The molecule has 0 spiro atoms. The molecule has 4 rings (SSSR count). The number of thioether (sulfide) groups is 1. The molecule has 1 atom stereocenters. The minimum Gasteiger partial charge on any atom is -0.384 e. The highest BCUT2D eigenvalue weighted by Crippen LogP contribution is 2.35. The second-order valence-corrected chi connectivity index (χ2v) is 9.77. The Balaban J connectivity index is 1.44. The summed E-state index contributed by atoms with van der Waals surface area (Å²) in [6, 6.07) is 15.5. The van der Waals surface area contributed by atoms with E-state index in [4.69, 9.17) is 4.74 Å². The maximum absolute atomic E-state index is 12.9. The van der Waals surface area contributed by atoms with E-state index in [1.807, 2.05) is 41.3 Å². The van der Waals surface area contributed by atoms with Crippen molar-refractivity contribution in [3.63, 3.8) is 0 Å². The van der Waals surface area contributed by atoms with Crippen LogP contribution in [0.15, 0.2) is 53.4 Å². The average molecular weight is 483 g/mol. The van der Waals surface area contributed by atoms with Crippen molar-refractivity contribution in [2.45, 2.75) is 30.6 Å². The van der Waals surface area contributed by atoms with Crippen LogP contribution in [-0.2, 0) is 16.0 Å². The van der Waals surface area contributed by atoms with Gasteiger partial charge in [-0.1, -0.05) is 48.6 Å². The van der Waals surface area contributed by atoms with E-state index in [9.17, 15) is 9.59 Å². The molecular formula is C24H26N4O3S2. The Bertz CT molecular complexity index is 1130. The van der Waals surface area contributed by atoms with Crippen LogP contribution in [0.5, 0.6) is 0 Å². The number of hydrogen-bond donors (Lipinski definition) is 1. The lowest BCUT2D eigenvalue weighted by atomic mass is 10.1. The summed E-state index contributed by atoms with van der Waals surface area (Å²) in [7, 11) is 1.66. The second-order valence-electron chi connectivity index (χ2n) is 7.62. The van der Waals surface area contributed by atoms with E-state index < -0.39 is 0 Å². The standard InChI is InChI=1S/C24H26N4O3S2/c1-3-16-8-4-6-10-19(16)28-15-17(14-21(28)29)23-26-27-24(33-23)25-22(30)18-9-5-7-11-20(18)32-13-12-31-2/h4-11,17H,3,12-15H2,1-2H3,(H,25,27,30). The van der Waals surface area contributed by atoms with E-state index in [-0.39, 0.29) is 17.7 Å². The molecular weight excluding hydrogens is 456 g/mol. The number of nitrogens with zero attached hydrogens (tertiary/aromatic N) is 3. The molecule has 9 heteroatoms. The maximum atomic E-state index is 12.9. The SMILES string of the molecule is CCc1ccccc1N1CC(c2nnc(NC(=O)c3ccccc3SCCOC)s2)CC1=O. The highest BCUT2D eigenvalue weighted by atomic mass is 32.2. The number of carbonyl (C=O) groups is 2. The molecule has 1 fully saturated rings. The zero-order valence-electron chi connectivity index (χ0n) is 18.6. The van der Waals surface area contributed by atoms with Gasteiger partial charge < -0.3 is 9.64 Å². The van der Waals surface area contributed by atoms with Crippen molar-refractivity contribution in [2.24, 2.45) is 0 Å². The zero-order chi connectivity index (χ0) is 23.2. The number of methoxy groups -OCH3 is 1. The number of amides is 2. The fourth-order valence-electron chi connectivity index (χ4n) is 3.81. The van der Waals surface area contributed by atoms with Crippen LogP contribution in [0.3, 0.4) is 0 Å². The molecule has 2 heterocycles. The molecule has 1 aliphatic heterocycles. The molecule has 2 amide bonds. The summed E-state index contributed by atoms with van der Waals surface area (Å²) in [4.78, 5) is 28.4. The van der Waals surface area contributed by atoms with Crippen LogP contribution < -0.4 is 10.2 Å². The zero-order valence-corrected chi connectivity index (χ0v) is 20.2. The van der Waals surface area contributed by atoms with Gasteiger partial charge in [0.15, 0.2) is 0 Å². The van der Waals surface area contributed by atoms with Crippen molar-refractivity contribution in [2.75, 3.05) is 36.2 Å². The van der Waals surface area contributed by atoms with Crippen molar-refractivity contribution in [1.29, 1.82) is 0 Å². The molecule has 1 saturated heterocycles. The van der Waals surface area contributed by atoms with E-state index in [0.29, 0.717) is 30.3 Å². The topological polar surface area (TPSA) is 84.4 Å². The van der Waals surface area contributed by atoms with Gasteiger partial charge in [0.1, 0.15) is 5.01 Å². The monoisotopic (exact) mass is 482 g/mol. The Morgan fingerprint density at radius 2 is 2.00 bits per heavy atom. The van der Waals surface area contributed by atoms with Gasteiger partial charge in [-0.05, 0) is 30.2 Å². The Hall–Kier alpha value is -2.75. The normalized spacial score (nSPS) is 15.8. The lowest BCUT2D eigenvalue weighted by Crippen LogP contribution is -2.25. The van der Waals surface area contributed by atoms with Gasteiger partial charge in [-0.15, -0.1) is 22.0 Å². The van der Waals surface area contributed by atoms with E-state index in [1.165, 1.54) is 11.3 Å². The van der Waals surface area contributed by atoms with Crippen molar-refractivity contribution < 1.29 is 14.3 Å². The molecule has 7 nitrogen and oxygen atoms in total. The lowest BCUT2D eigenvalue weighted by Gasteiger charge is -2.19. The van der Waals surface area contributed by atoms with Crippen LogP contribution in [-0.4, -0.2) is 48.0 Å². The van der Waals surface area contributed by atoms with Gasteiger partial charge in [0.25, 0.3) is 5.91 Å². The minimum absolute atomic E-state index is 0.0394. The third-order valence-electron chi connectivity index (χ3n) is 5.48. The number of para-hydroxylation sites is 1. The molecule has 1 unspecified atom stereocenters. The fourth-order valence-corrected chi connectivity index (χ4v) is 5.60. The summed E-state index contributed by atoms with van der Waals surface area (Å²) < 4.78 is 5.10. The van der Waals surface area contributed by atoms with Gasteiger partial charge in [-0.3, -0.25) is 14.9 Å². The molecule has 1 aliphatic rings. The third kappa shape index (κ3) is 5.43. The smallest absolute Gasteiger partial charge is 0.258 e. The number of nitrogens with one attached hydrogen (secondary N) is 1. The summed E-state index contributed by atoms with van der Waals surface area (Å²) in [5, 5.41) is 12.5. The van der Waals surface area contributed by atoms with Crippen molar-refractivity contribution >= 4 is 45.7 Å². The molecule has 0 saturated carbocycles. The largest absolute Gasteiger partial charge is 0.384 e. The first kappa shape index (κ1) is 23.4. The number of benzene rings is 2. The fraction of sp³-hybridized carbons (Fsp3) is 0.333. The minimum atomic E-state index is -0.223. The van der Waals surface area contributed by atoms with Gasteiger partial charge in [0.2, 0.25) is 11.0 Å². The maximum Gasteiger partial charge on any atom is 0.258 e. The van der Waals surface area contributed by atoms with Gasteiger partial charge in [-0.2, -0.15) is 0 Å². The molecule has 0 radical (unpaired) electrons. The van der Waals surface area contributed by atoms with Crippen molar-refractivity contribution in [3.8, 4) is 0 Å². The summed E-state index contributed by atoms with van der Waals surface area (Å²) >= 11 is 2.91. The van der Waals surface area contributed by atoms with Crippen molar-refractivity contribution in [3.05, 3.63) is 64.7 Å². The molecule has 3 aromatic rings. The number of hydrogen-bond acceptors (Lipinski definition) is 7. The highest BCUT2D eigenvalue weighted by molar-refractivity contribution is 7.99. The number of aromatic nitrogens is 2. The average Bonchev–Trinajstić information content (AvgIpc) is 3.46. The van der Waals surface area contributed by atoms with E-state index in [2.05, 4.69) is 28.5 Å². The van der Waals surface area contributed by atoms with Crippen LogP contribution >= 0.6 is 23.1 Å². The lowest BCUT2D eigenvalue weighted by molar-refractivity contribution is -0.117. The van der Waals surface area contributed by atoms with E-state index in [1.54, 1.807) is 24.9 Å². The molecule has 0 aliphatic carbocycles. The van der Waals surface area contributed by atoms with Gasteiger partial charge in [0, 0.05) is 42.3 Å². The summed E-state index contributed by atoms with van der Waals surface area (Å²) in [5.41, 5.74) is 2.71. The van der Waals surface area contributed by atoms with Crippen LogP contribution in [0.2, 0.25) is 0 Å². The molecule has 2 aromatic carbocycles. The van der Waals surface area contributed by atoms with E-state index in [0.717, 1.165) is 33.3 Å². The van der Waals surface area contributed by atoms with Gasteiger partial charge in [0.05, 0.1) is 12.2 Å². The van der Waals surface area contributed by atoms with Crippen LogP contribution in [0.4, 0.5) is 10.8 Å². The van der Waals surface area contributed by atoms with E-state index >= 15 is 0 Å². The van der Waals surface area contributed by atoms with Crippen LogP contribution in [0, 0.1) is 0 Å². The quantitative estimate of drug-likeness (QED) is 0.354. The molecule has 172 valence electrons. The molecule has 1 N–H and O–H groups in total. The summed E-state index contributed by atoms with van der Waals surface area (Å²) in [6.07, 6.45) is 1.25. The second kappa shape index (κ2) is 10.9. The number of anilines is 2. The first-order valence-electron chi connectivity index (χ1n) is 10.8. The summed E-state index contributed by atoms with van der Waals surface area (Å²) in [6.45, 7) is 3.27. The highest BCUT2D eigenvalue weighted by Gasteiger charge is 2.34. The predicted octanol–water partition coefficient (Wildman–Crippen LogP) is 4.61. The van der Waals surface area contributed by atoms with Crippen LogP contribution in [0.1, 0.15) is 40.2 Å². The number of ether oxygens (including phenoxy) is 1. The first-order chi connectivity index (χ1) is 16.1. The molecule has 0 bridgehead atoms. The Morgan fingerprint density at radius 1 is 1.21 bits per heavy atom. The Labute approximate surface area is 201 Å². The predicted molar refractivity (Wildman–Crippen MR) is 132 cm³/mol. The van der Waals surface area contributed by atoms with Crippen molar-refractivity contribution in [1.82, 2.24) is 10.2 Å². The van der Waals surface area contributed by atoms with Gasteiger partial charge >= 0.3 is 0 Å². The molecule has 33 heavy (non-hydrogen) atoms. The molecule has 1 aromatic heterocycles. The number of aryl methyl sites for hydroxylation is 1.